The molecule has 2 aliphatic heterocycles. The molecule has 4 heteroatoms. The predicted molar refractivity (Wildman–Crippen MR) is 114 cm³/mol. The summed E-state index contributed by atoms with van der Waals surface area (Å²) in [6, 6.07) is 21.3. The quantitative estimate of drug-likeness (QED) is 0.799. The molecule has 29 heavy (non-hydrogen) atoms. The smallest absolute Gasteiger partial charge is 0.225 e. The van der Waals surface area contributed by atoms with E-state index in [2.05, 4.69) is 65.6 Å². The molecular weight excluding hydrogens is 360 g/mol. The van der Waals surface area contributed by atoms with Crippen LogP contribution < -0.4 is 0 Å². The Morgan fingerprint density at radius 2 is 1.38 bits per heavy atom. The molecule has 4 nitrogen and oxygen atoms in total. The fourth-order valence-corrected chi connectivity index (χ4v) is 5.10. The Labute approximate surface area is 173 Å². The van der Waals surface area contributed by atoms with Crippen LogP contribution in [0.4, 0.5) is 0 Å². The highest BCUT2D eigenvalue weighted by molar-refractivity contribution is 5.80. The lowest BCUT2D eigenvalue weighted by atomic mass is 9.69. The molecule has 0 bridgehead atoms. The van der Waals surface area contributed by atoms with Crippen molar-refractivity contribution in [3.05, 3.63) is 71.8 Å². The molecule has 0 saturated carbocycles. The molecule has 0 atom stereocenters. The summed E-state index contributed by atoms with van der Waals surface area (Å²) in [5.41, 5.74) is 2.42. The van der Waals surface area contributed by atoms with Gasteiger partial charge in [-0.3, -0.25) is 9.59 Å². The van der Waals surface area contributed by atoms with Crippen LogP contribution in [-0.2, 0) is 15.0 Å². The number of hydrogen-bond acceptors (Lipinski definition) is 2. The van der Waals surface area contributed by atoms with E-state index in [1.54, 1.807) is 6.92 Å². The van der Waals surface area contributed by atoms with E-state index in [-0.39, 0.29) is 23.1 Å². The summed E-state index contributed by atoms with van der Waals surface area (Å²) in [7, 11) is 0. The topological polar surface area (TPSA) is 40.6 Å². The molecule has 0 radical (unpaired) electrons. The summed E-state index contributed by atoms with van der Waals surface area (Å²) in [5.74, 6) is 0.415. The van der Waals surface area contributed by atoms with E-state index in [0.717, 1.165) is 38.8 Å². The van der Waals surface area contributed by atoms with Crippen molar-refractivity contribution in [2.45, 2.75) is 38.0 Å². The van der Waals surface area contributed by atoms with E-state index >= 15 is 0 Å². The maximum Gasteiger partial charge on any atom is 0.225 e. The molecule has 2 aromatic carbocycles. The monoisotopic (exact) mass is 390 g/mol. The zero-order valence-electron chi connectivity index (χ0n) is 17.2. The van der Waals surface area contributed by atoms with Crippen molar-refractivity contribution in [1.82, 2.24) is 9.80 Å². The van der Waals surface area contributed by atoms with E-state index in [1.807, 2.05) is 4.90 Å². The molecule has 2 fully saturated rings. The molecule has 0 aliphatic carbocycles. The summed E-state index contributed by atoms with van der Waals surface area (Å²) in [5, 5.41) is 0. The van der Waals surface area contributed by atoms with Crippen LogP contribution in [-0.4, -0.2) is 47.8 Å². The highest BCUT2D eigenvalue weighted by Gasteiger charge is 2.41. The zero-order valence-corrected chi connectivity index (χ0v) is 17.2. The first-order valence-electron chi connectivity index (χ1n) is 10.8. The molecule has 2 amide bonds. The predicted octanol–water partition coefficient (Wildman–Crippen LogP) is 3.85. The van der Waals surface area contributed by atoms with Gasteiger partial charge >= 0.3 is 0 Å². The van der Waals surface area contributed by atoms with Crippen molar-refractivity contribution in [3.63, 3.8) is 0 Å². The number of carbonyl (C=O) groups is 2. The summed E-state index contributed by atoms with van der Waals surface area (Å²) < 4.78 is 0. The molecule has 2 heterocycles. The minimum absolute atomic E-state index is 0.0351. The molecule has 0 N–H and O–H groups in total. The summed E-state index contributed by atoms with van der Waals surface area (Å²) in [6.45, 7) is 4.56. The minimum atomic E-state index is -0.156. The van der Waals surface area contributed by atoms with Crippen molar-refractivity contribution in [1.29, 1.82) is 0 Å². The Kier molecular flexibility index (Phi) is 5.70. The van der Waals surface area contributed by atoms with Gasteiger partial charge in [-0.15, -0.1) is 0 Å². The minimum Gasteiger partial charge on any atom is -0.343 e. The maximum absolute atomic E-state index is 13.4. The van der Waals surface area contributed by atoms with Crippen LogP contribution in [0.2, 0.25) is 0 Å². The van der Waals surface area contributed by atoms with Crippen molar-refractivity contribution < 1.29 is 9.59 Å². The second-order valence-electron chi connectivity index (χ2n) is 8.46. The number of hydrogen-bond donors (Lipinski definition) is 0. The van der Waals surface area contributed by atoms with Gasteiger partial charge in [0.15, 0.2) is 0 Å². The van der Waals surface area contributed by atoms with Gasteiger partial charge < -0.3 is 9.80 Å². The van der Waals surface area contributed by atoms with Crippen LogP contribution in [0.25, 0.3) is 0 Å². The molecule has 4 rings (SSSR count). The molecule has 0 unspecified atom stereocenters. The highest BCUT2D eigenvalue weighted by atomic mass is 16.2. The average molecular weight is 391 g/mol. The van der Waals surface area contributed by atoms with Gasteiger partial charge in [-0.25, -0.2) is 0 Å². The second kappa shape index (κ2) is 8.40. The number of carbonyl (C=O) groups excluding carboxylic acids is 2. The van der Waals surface area contributed by atoms with Crippen molar-refractivity contribution in [2.75, 3.05) is 26.2 Å². The van der Waals surface area contributed by atoms with Crippen LogP contribution in [0.15, 0.2) is 60.7 Å². The van der Waals surface area contributed by atoms with Crippen LogP contribution in [0, 0.1) is 5.92 Å². The summed E-state index contributed by atoms with van der Waals surface area (Å²) in [4.78, 5) is 29.0. The van der Waals surface area contributed by atoms with Crippen LogP contribution in [0.5, 0.6) is 0 Å². The molecule has 2 aliphatic rings. The Bertz CT molecular complexity index is 802. The normalized spacial score (nSPS) is 19.8. The van der Waals surface area contributed by atoms with Crippen LogP contribution in [0.3, 0.4) is 0 Å². The SMILES string of the molecule is CC(=O)N1CCC(C(=O)N2CCCC(c3ccccc3)(c3ccccc3)C2)CC1. The van der Waals surface area contributed by atoms with Crippen molar-refractivity contribution in [2.24, 2.45) is 5.92 Å². The molecule has 0 spiro atoms. The number of rotatable bonds is 3. The van der Waals surface area contributed by atoms with Crippen molar-refractivity contribution >= 4 is 11.8 Å². The van der Waals surface area contributed by atoms with E-state index in [9.17, 15) is 9.59 Å². The fraction of sp³-hybridized carbons (Fsp3) is 0.440. The molecule has 2 aromatic rings. The Hall–Kier alpha value is -2.62. The van der Waals surface area contributed by atoms with Gasteiger partial charge in [0.1, 0.15) is 0 Å². The van der Waals surface area contributed by atoms with E-state index in [0.29, 0.717) is 13.1 Å². The lowest BCUT2D eigenvalue weighted by Gasteiger charge is -2.45. The average Bonchev–Trinajstić information content (AvgIpc) is 2.80. The summed E-state index contributed by atoms with van der Waals surface area (Å²) in [6.07, 6.45) is 3.60. The van der Waals surface area contributed by atoms with Gasteiger partial charge in [0.05, 0.1) is 0 Å². The lowest BCUT2D eigenvalue weighted by molar-refractivity contribution is -0.141. The first kappa shape index (κ1) is 19.7. The fourth-order valence-electron chi connectivity index (χ4n) is 5.10. The number of benzene rings is 2. The van der Waals surface area contributed by atoms with Crippen LogP contribution >= 0.6 is 0 Å². The zero-order chi connectivity index (χ0) is 20.3. The van der Waals surface area contributed by atoms with Gasteiger partial charge in [0, 0.05) is 44.4 Å². The second-order valence-corrected chi connectivity index (χ2v) is 8.46. The van der Waals surface area contributed by atoms with Gasteiger partial charge in [-0.1, -0.05) is 60.7 Å². The first-order valence-corrected chi connectivity index (χ1v) is 10.8. The van der Waals surface area contributed by atoms with Gasteiger partial charge in [-0.05, 0) is 36.8 Å². The Morgan fingerprint density at radius 3 is 1.90 bits per heavy atom. The van der Waals surface area contributed by atoms with E-state index in [4.69, 9.17) is 0 Å². The highest BCUT2D eigenvalue weighted by Crippen LogP contribution is 2.41. The molecule has 152 valence electrons. The number of nitrogens with zero attached hydrogens (tertiary/aromatic N) is 2. The van der Waals surface area contributed by atoms with E-state index < -0.39 is 0 Å². The van der Waals surface area contributed by atoms with Crippen LogP contribution in [0.1, 0.15) is 43.7 Å². The standard InChI is InChI=1S/C25H30N2O2/c1-20(28)26-17-13-21(14-18-26)24(29)27-16-8-15-25(19-27,22-9-4-2-5-10-22)23-11-6-3-7-12-23/h2-7,9-12,21H,8,13-19H2,1H3. The Morgan fingerprint density at radius 1 is 0.828 bits per heavy atom. The third-order valence-electron chi connectivity index (χ3n) is 6.75. The number of piperidine rings is 2. The van der Waals surface area contributed by atoms with Gasteiger partial charge in [-0.2, -0.15) is 0 Å². The maximum atomic E-state index is 13.4. The molecule has 0 aromatic heterocycles. The Balaban J connectivity index is 1.58. The number of amides is 2. The van der Waals surface area contributed by atoms with E-state index in [1.165, 1.54) is 11.1 Å². The summed E-state index contributed by atoms with van der Waals surface area (Å²) >= 11 is 0. The van der Waals surface area contributed by atoms with Gasteiger partial charge in [0.2, 0.25) is 11.8 Å². The first-order chi connectivity index (χ1) is 14.1. The lowest BCUT2D eigenvalue weighted by Crippen LogP contribution is -2.52. The third-order valence-corrected chi connectivity index (χ3v) is 6.75. The molecular formula is C25H30N2O2. The third kappa shape index (κ3) is 3.93. The largest absolute Gasteiger partial charge is 0.343 e. The molecule has 2 saturated heterocycles. The van der Waals surface area contributed by atoms with Gasteiger partial charge in [0.25, 0.3) is 0 Å². The number of likely N-dealkylation sites (tertiary alicyclic amines) is 2. The van der Waals surface area contributed by atoms with Crippen molar-refractivity contribution in [3.8, 4) is 0 Å².